The Labute approximate surface area is 145 Å². The van der Waals surface area contributed by atoms with Crippen LogP contribution in [-0.2, 0) is 9.47 Å². The van der Waals surface area contributed by atoms with E-state index in [1.54, 1.807) is 11.0 Å². The molecule has 1 aliphatic rings. The van der Waals surface area contributed by atoms with E-state index in [9.17, 15) is 9.59 Å². The summed E-state index contributed by atoms with van der Waals surface area (Å²) in [5, 5.41) is 0. The predicted molar refractivity (Wildman–Crippen MR) is 90.6 cm³/mol. The van der Waals surface area contributed by atoms with Gasteiger partial charge in [0.2, 0.25) is 0 Å². The zero-order chi connectivity index (χ0) is 17.2. The molecule has 1 heterocycles. The number of hydrogen-bond donors (Lipinski definition) is 0. The molecule has 0 unspecified atom stereocenters. The lowest BCUT2D eigenvalue weighted by Gasteiger charge is -2.24. The van der Waals surface area contributed by atoms with Gasteiger partial charge in [-0.05, 0) is 51.0 Å². The number of amides is 1. The van der Waals surface area contributed by atoms with Gasteiger partial charge in [-0.3, -0.25) is 0 Å². The van der Waals surface area contributed by atoms with Gasteiger partial charge in [-0.2, -0.15) is 0 Å². The molecule has 1 saturated heterocycles. The van der Waals surface area contributed by atoms with Crippen molar-refractivity contribution in [2.45, 2.75) is 38.7 Å². The second-order valence-corrected chi connectivity index (χ2v) is 7.55. The molecular formula is C17H22BrNO4. The van der Waals surface area contributed by atoms with Gasteiger partial charge in [-0.1, -0.05) is 15.9 Å². The number of halogens is 1. The minimum atomic E-state index is -0.512. The topological polar surface area (TPSA) is 55.8 Å². The van der Waals surface area contributed by atoms with Crippen molar-refractivity contribution in [1.82, 2.24) is 4.90 Å². The van der Waals surface area contributed by atoms with Gasteiger partial charge in [-0.15, -0.1) is 0 Å². The van der Waals surface area contributed by atoms with Gasteiger partial charge in [0.15, 0.2) is 0 Å². The number of hydrogen-bond acceptors (Lipinski definition) is 4. The molecule has 126 valence electrons. The molecule has 1 aromatic rings. The van der Waals surface area contributed by atoms with Crippen LogP contribution >= 0.6 is 15.9 Å². The number of benzene rings is 1. The van der Waals surface area contributed by atoms with Gasteiger partial charge in [0.05, 0.1) is 12.7 Å². The summed E-state index contributed by atoms with van der Waals surface area (Å²) < 4.78 is 11.2. The van der Waals surface area contributed by atoms with E-state index < -0.39 is 5.60 Å². The molecule has 0 saturated carbocycles. The van der Waals surface area contributed by atoms with Gasteiger partial charge in [0.25, 0.3) is 0 Å². The van der Waals surface area contributed by atoms with Crippen LogP contribution < -0.4 is 0 Å². The van der Waals surface area contributed by atoms with Crippen molar-refractivity contribution in [2.24, 2.45) is 0 Å². The molecule has 23 heavy (non-hydrogen) atoms. The predicted octanol–water partition coefficient (Wildman–Crippen LogP) is 3.96. The Morgan fingerprint density at radius 2 is 2.00 bits per heavy atom. The van der Waals surface area contributed by atoms with Crippen molar-refractivity contribution in [2.75, 3.05) is 20.2 Å². The van der Waals surface area contributed by atoms with Crippen LogP contribution in [0.25, 0.3) is 0 Å². The summed E-state index contributed by atoms with van der Waals surface area (Å²) in [7, 11) is 1.37. The summed E-state index contributed by atoms with van der Waals surface area (Å²) in [5.74, 6) is -0.266. The van der Waals surface area contributed by atoms with Crippen molar-refractivity contribution in [3.05, 3.63) is 33.8 Å². The summed E-state index contributed by atoms with van der Waals surface area (Å²) in [5.41, 5.74) is 0.936. The largest absolute Gasteiger partial charge is 0.465 e. The zero-order valence-electron chi connectivity index (χ0n) is 13.9. The second-order valence-electron chi connectivity index (χ2n) is 6.64. The zero-order valence-corrected chi connectivity index (χ0v) is 15.5. The fraction of sp³-hybridized carbons (Fsp3) is 0.529. The van der Waals surface area contributed by atoms with Crippen LogP contribution in [-0.4, -0.2) is 42.8 Å². The number of ether oxygens (including phenoxy) is 2. The first-order chi connectivity index (χ1) is 10.7. The van der Waals surface area contributed by atoms with E-state index in [2.05, 4.69) is 15.9 Å². The first-order valence-corrected chi connectivity index (χ1v) is 8.36. The van der Waals surface area contributed by atoms with Gasteiger partial charge in [0.1, 0.15) is 5.60 Å². The van der Waals surface area contributed by atoms with Gasteiger partial charge in [-0.25, -0.2) is 9.59 Å². The molecule has 0 N–H and O–H groups in total. The van der Waals surface area contributed by atoms with E-state index in [1.807, 2.05) is 32.9 Å². The Balaban J connectivity index is 2.17. The maximum absolute atomic E-state index is 12.2. The van der Waals surface area contributed by atoms with Crippen LogP contribution in [0.1, 0.15) is 49.0 Å². The minimum absolute atomic E-state index is 0.0918. The van der Waals surface area contributed by atoms with E-state index >= 15 is 0 Å². The number of carbonyl (C=O) groups is 2. The lowest BCUT2D eigenvalue weighted by atomic mass is 9.93. The van der Waals surface area contributed by atoms with E-state index in [0.29, 0.717) is 18.7 Å². The monoisotopic (exact) mass is 383 g/mol. The Hall–Kier alpha value is -1.56. The van der Waals surface area contributed by atoms with Crippen LogP contribution in [0.5, 0.6) is 0 Å². The second kappa shape index (κ2) is 6.91. The minimum Gasteiger partial charge on any atom is -0.465 e. The first-order valence-electron chi connectivity index (χ1n) is 7.57. The summed E-state index contributed by atoms with van der Waals surface area (Å²) in [6.07, 6.45) is 0.481. The average Bonchev–Trinajstić information content (AvgIpc) is 2.94. The molecule has 0 aromatic heterocycles. The van der Waals surface area contributed by atoms with Gasteiger partial charge in [0, 0.05) is 23.5 Å². The quantitative estimate of drug-likeness (QED) is 0.725. The maximum atomic E-state index is 12.2. The molecule has 1 aliphatic heterocycles. The molecule has 2 rings (SSSR count). The Bertz CT molecular complexity index is 609. The van der Waals surface area contributed by atoms with Crippen molar-refractivity contribution in [1.29, 1.82) is 0 Å². The third kappa shape index (κ3) is 4.47. The molecular weight excluding hydrogens is 362 g/mol. The van der Waals surface area contributed by atoms with E-state index in [4.69, 9.17) is 9.47 Å². The number of esters is 1. The van der Waals surface area contributed by atoms with E-state index in [-0.39, 0.29) is 18.0 Å². The highest BCUT2D eigenvalue weighted by molar-refractivity contribution is 9.10. The number of methoxy groups -OCH3 is 1. The van der Waals surface area contributed by atoms with Crippen LogP contribution in [0.3, 0.4) is 0 Å². The van der Waals surface area contributed by atoms with Crippen LogP contribution in [0.15, 0.2) is 22.7 Å². The highest BCUT2D eigenvalue weighted by atomic mass is 79.9. The average molecular weight is 384 g/mol. The van der Waals surface area contributed by atoms with E-state index in [1.165, 1.54) is 7.11 Å². The van der Waals surface area contributed by atoms with Crippen LogP contribution in [0, 0.1) is 0 Å². The summed E-state index contributed by atoms with van der Waals surface area (Å²) >= 11 is 3.44. The fourth-order valence-electron chi connectivity index (χ4n) is 2.67. The number of carbonyl (C=O) groups excluding carboxylic acids is 2. The van der Waals surface area contributed by atoms with Crippen molar-refractivity contribution in [3.8, 4) is 0 Å². The van der Waals surface area contributed by atoms with Gasteiger partial charge < -0.3 is 14.4 Å². The molecule has 1 amide bonds. The molecule has 0 bridgehead atoms. The summed E-state index contributed by atoms with van der Waals surface area (Å²) in [6.45, 7) is 6.70. The molecule has 5 nitrogen and oxygen atoms in total. The van der Waals surface area contributed by atoms with Crippen molar-refractivity contribution >= 4 is 28.0 Å². The first kappa shape index (κ1) is 17.8. The standard InChI is InChI=1S/C17H22BrNO4/c1-17(2,3)23-16(21)19-8-7-11(10-19)14-9-12(18)5-6-13(14)15(20)22-4/h5-6,9,11H,7-8,10H2,1-4H3/t11-/m1/s1. The number of nitrogens with zero attached hydrogens (tertiary/aromatic N) is 1. The SMILES string of the molecule is COC(=O)c1ccc(Br)cc1[C@@H]1CCN(C(=O)OC(C)(C)C)C1. The summed E-state index contributed by atoms with van der Waals surface area (Å²) in [4.78, 5) is 25.8. The normalized spacial score (nSPS) is 18.0. The number of likely N-dealkylation sites (tertiary alicyclic amines) is 1. The summed E-state index contributed by atoms with van der Waals surface area (Å²) in [6, 6.07) is 5.49. The van der Waals surface area contributed by atoms with Gasteiger partial charge >= 0.3 is 12.1 Å². The fourth-order valence-corrected chi connectivity index (χ4v) is 3.05. The third-order valence-corrected chi connectivity index (χ3v) is 4.19. The Morgan fingerprint density at radius 1 is 1.30 bits per heavy atom. The van der Waals surface area contributed by atoms with Crippen molar-refractivity contribution in [3.63, 3.8) is 0 Å². The lowest BCUT2D eigenvalue weighted by molar-refractivity contribution is 0.0292. The molecule has 0 aliphatic carbocycles. The lowest BCUT2D eigenvalue weighted by Crippen LogP contribution is -2.35. The van der Waals surface area contributed by atoms with E-state index in [0.717, 1.165) is 16.5 Å². The molecule has 6 heteroatoms. The highest BCUT2D eigenvalue weighted by Gasteiger charge is 2.32. The molecule has 0 spiro atoms. The van der Waals surface area contributed by atoms with Crippen molar-refractivity contribution < 1.29 is 19.1 Å². The smallest absolute Gasteiger partial charge is 0.410 e. The maximum Gasteiger partial charge on any atom is 0.410 e. The number of rotatable bonds is 2. The Morgan fingerprint density at radius 3 is 2.61 bits per heavy atom. The Kier molecular flexibility index (Phi) is 5.34. The van der Waals surface area contributed by atoms with Crippen LogP contribution in [0.4, 0.5) is 4.79 Å². The third-order valence-electron chi connectivity index (χ3n) is 3.70. The molecule has 1 aromatic carbocycles. The molecule has 0 radical (unpaired) electrons. The molecule has 1 atom stereocenters. The highest BCUT2D eigenvalue weighted by Crippen LogP contribution is 2.32. The van der Waals surface area contributed by atoms with Crippen LogP contribution in [0.2, 0.25) is 0 Å². The molecule has 1 fully saturated rings.